The highest BCUT2D eigenvalue weighted by atomic mass is 32.1. The summed E-state index contributed by atoms with van der Waals surface area (Å²) in [5.74, 6) is 0.0761. The van der Waals surface area contributed by atoms with Crippen molar-refractivity contribution in [1.82, 2.24) is 14.3 Å². The largest absolute Gasteiger partial charge is 0.310 e. The number of para-hydroxylation sites is 1. The number of aryl methyl sites for hydroxylation is 1. The van der Waals surface area contributed by atoms with E-state index in [0.717, 1.165) is 17.1 Å². The minimum absolute atomic E-state index is 0.0729. The number of rotatable bonds is 3. The number of carbonyl (C=O) groups excluding carboxylic acids is 1. The monoisotopic (exact) mass is 368 g/mol. The molecular weight excluding hydrogens is 348 g/mol. The summed E-state index contributed by atoms with van der Waals surface area (Å²) in [4.78, 5) is 35.3. The third-order valence-electron chi connectivity index (χ3n) is 4.75. The van der Waals surface area contributed by atoms with Crippen LogP contribution in [-0.2, 0) is 11.3 Å². The molecule has 1 fully saturated rings. The van der Waals surface area contributed by atoms with Crippen LogP contribution in [0.3, 0.4) is 0 Å². The van der Waals surface area contributed by atoms with Crippen molar-refractivity contribution in [3.05, 3.63) is 63.5 Å². The van der Waals surface area contributed by atoms with E-state index in [4.69, 9.17) is 0 Å². The fourth-order valence-corrected chi connectivity index (χ4v) is 4.19. The molecule has 1 aromatic carbocycles. The molecule has 6 nitrogen and oxygen atoms in total. The van der Waals surface area contributed by atoms with Crippen LogP contribution in [0.4, 0.5) is 5.69 Å². The van der Waals surface area contributed by atoms with E-state index in [9.17, 15) is 9.59 Å². The fraction of sp³-hybridized carbons (Fsp3) is 0.316. The van der Waals surface area contributed by atoms with Gasteiger partial charge in [-0.05, 0) is 26.0 Å². The summed E-state index contributed by atoms with van der Waals surface area (Å²) in [5, 5.41) is 0. The molecule has 134 valence electrons. The van der Waals surface area contributed by atoms with Gasteiger partial charge in [0, 0.05) is 42.5 Å². The number of nitrogens with zero attached hydrogens (tertiary/aromatic N) is 4. The van der Waals surface area contributed by atoms with Crippen LogP contribution in [0.15, 0.2) is 47.4 Å². The van der Waals surface area contributed by atoms with Gasteiger partial charge < -0.3 is 4.90 Å². The molecule has 1 aliphatic rings. The Balaban J connectivity index is 1.55. The first-order valence-electron chi connectivity index (χ1n) is 8.62. The standard InChI is InChI=1S/C19H20N4O2S/c1-13-11-23-17(24)10-15(20-19(23)26-13)12-21-8-9-22(18(25)14(21)2)16-6-4-3-5-7-16/h3-7,10-11,14H,8-9,12H2,1-2H3. The Morgan fingerprint density at radius 1 is 1.19 bits per heavy atom. The molecule has 0 spiro atoms. The number of fused-ring (bicyclic) bond motifs is 1. The summed E-state index contributed by atoms with van der Waals surface area (Å²) >= 11 is 1.50. The zero-order valence-corrected chi connectivity index (χ0v) is 15.6. The van der Waals surface area contributed by atoms with E-state index < -0.39 is 0 Å². The number of hydrogen-bond acceptors (Lipinski definition) is 5. The van der Waals surface area contributed by atoms with Crippen molar-refractivity contribution < 1.29 is 4.79 Å². The maximum atomic E-state index is 12.8. The molecule has 0 bridgehead atoms. The second-order valence-electron chi connectivity index (χ2n) is 6.55. The lowest BCUT2D eigenvalue weighted by Gasteiger charge is -2.38. The zero-order valence-electron chi connectivity index (χ0n) is 14.8. The Morgan fingerprint density at radius 2 is 1.96 bits per heavy atom. The average molecular weight is 368 g/mol. The van der Waals surface area contributed by atoms with Crippen molar-refractivity contribution in [3.8, 4) is 0 Å². The molecular formula is C19H20N4O2S. The van der Waals surface area contributed by atoms with Gasteiger partial charge in [0.15, 0.2) is 4.96 Å². The number of aromatic nitrogens is 2. The Kier molecular flexibility index (Phi) is 4.34. The molecule has 0 radical (unpaired) electrons. The number of thiazole rings is 1. The van der Waals surface area contributed by atoms with E-state index in [0.29, 0.717) is 23.7 Å². The highest BCUT2D eigenvalue weighted by Crippen LogP contribution is 2.21. The summed E-state index contributed by atoms with van der Waals surface area (Å²) in [7, 11) is 0. The lowest BCUT2D eigenvalue weighted by molar-refractivity contribution is -0.125. The van der Waals surface area contributed by atoms with E-state index in [1.807, 2.05) is 55.3 Å². The van der Waals surface area contributed by atoms with Gasteiger partial charge in [0.05, 0.1) is 11.7 Å². The van der Waals surface area contributed by atoms with E-state index in [1.54, 1.807) is 10.5 Å². The molecule has 1 atom stereocenters. The first-order chi connectivity index (χ1) is 12.5. The Hall–Kier alpha value is -2.51. The molecule has 7 heteroatoms. The molecule has 1 unspecified atom stereocenters. The van der Waals surface area contributed by atoms with Gasteiger partial charge in [-0.3, -0.25) is 18.9 Å². The van der Waals surface area contributed by atoms with Gasteiger partial charge in [-0.15, -0.1) is 11.3 Å². The van der Waals surface area contributed by atoms with Crippen LogP contribution in [0, 0.1) is 6.92 Å². The topological polar surface area (TPSA) is 57.9 Å². The van der Waals surface area contributed by atoms with Crippen molar-refractivity contribution in [3.63, 3.8) is 0 Å². The van der Waals surface area contributed by atoms with Crippen molar-refractivity contribution >= 4 is 27.9 Å². The molecule has 0 saturated carbocycles. The maximum absolute atomic E-state index is 12.8. The van der Waals surface area contributed by atoms with Gasteiger partial charge in [0.2, 0.25) is 5.91 Å². The van der Waals surface area contributed by atoms with Gasteiger partial charge >= 0.3 is 0 Å². The minimum Gasteiger partial charge on any atom is -0.310 e. The molecule has 1 amide bonds. The highest BCUT2D eigenvalue weighted by molar-refractivity contribution is 7.16. The summed E-state index contributed by atoms with van der Waals surface area (Å²) in [6, 6.07) is 11.0. The summed E-state index contributed by atoms with van der Waals surface area (Å²) in [6.45, 7) is 5.75. The number of anilines is 1. The number of carbonyl (C=O) groups is 1. The van der Waals surface area contributed by atoms with Crippen LogP contribution >= 0.6 is 11.3 Å². The van der Waals surface area contributed by atoms with Crippen molar-refractivity contribution in [2.75, 3.05) is 18.0 Å². The lowest BCUT2D eigenvalue weighted by atomic mass is 10.1. The van der Waals surface area contributed by atoms with Crippen LogP contribution in [0.25, 0.3) is 4.96 Å². The summed E-state index contributed by atoms with van der Waals surface area (Å²) in [5.41, 5.74) is 1.57. The Morgan fingerprint density at radius 3 is 2.73 bits per heavy atom. The third-order valence-corrected chi connectivity index (χ3v) is 5.65. The van der Waals surface area contributed by atoms with E-state index in [2.05, 4.69) is 9.88 Å². The molecule has 4 rings (SSSR count). The average Bonchev–Trinajstić information content (AvgIpc) is 3.01. The van der Waals surface area contributed by atoms with E-state index in [1.165, 1.54) is 11.3 Å². The van der Waals surface area contributed by atoms with Crippen molar-refractivity contribution in [2.45, 2.75) is 26.4 Å². The van der Waals surface area contributed by atoms with Crippen LogP contribution in [-0.4, -0.2) is 39.3 Å². The zero-order chi connectivity index (χ0) is 18.3. The minimum atomic E-state index is -0.255. The van der Waals surface area contributed by atoms with Gasteiger partial charge in [-0.2, -0.15) is 0 Å². The first kappa shape index (κ1) is 16.9. The van der Waals surface area contributed by atoms with E-state index >= 15 is 0 Å². The number of hydrogen-bond donors (Lipinski definition) is 0. The predicted octanol–water partition coefficient (Wildman–Crippen LogP) is 2.30. The molecule has 3 aromatic rings. The number of benzene rings is 1. The van der Waals surface area contributed by atoms with Crippen LogP contribution in [0.1, 0.15) is 17.5 Å². The second-order valence-corrected chi connectivity index (χ2v) is 7.77. The summed E-state index contributed by atoms with van der Waals surface area (Å²) in [6.07, 6.45) is 1.81. The van der Waals surface area contributed by atoms with Gasteiger partial charge in [0.25, 0.3) is 5.56 Å². The fourth-order valence-electron chi connectivity index (χ4n) is 3.34. The highest BCUT2D eigenvalue weighted by Gasteiger charge is 2.32. The van der Waals surface area contributed by atoms with Crippen LogP contribution in [0.2, 0.25) is 0 Å². The van der Waals surface area contributed by atoms with Crippen LogP contribution in [0.5, 0.6) is 0 Å². The van der Waals surface area contributed by atoms with E-state index in [-0.39, 0.29) is 17.5 Å². The Labute approximate surface area is 155 Å². The third kappa shape index (κ3) is 3.04. The first-order valence-corrected chi connectivity index (χ1v) is 9.44. The molecule has 2 aromatic heterocycles. The molecule has 0 N–H and O–H groups in total. The molecule has 1 aliphatic heterocycles. The number of piperazine rings is 1. The second kappa shape index (κ2) is 6.66. The SMILES string of the molecule is Cc1cn2c(=O)cc(CN3CCN(c4ccccc4)C(=O)C3C)nc2s1. The van der Waals surface area contributed by atoms with Crippen molar-refractivity contribution in [2.24, 2.45) is 0 Å². The lowest BCUT2D eigenvalue weighted by Crippen LogP contribution is -2.55. The molecule has 3 heterocycles. The van der Waals surface area contributed by atoms with Crippen molar-refractivity contribution in [1.29, 1.82) is 0 Å². The van der Waals surface area contributed by atoms with Crippen LogP contribution < -0.4 is 10.5 Å². The van der Waals surface area contributed by atoms with Gasteiger partial charge in [-0.1, -0.05) is 18.2 Å². The predicted molar refractivity (Wildman–Crippen MR) is 103 cm³/mol. The quantitative estimate of drug-likeness (QED) is 0.712. The summed E-state index contributed by atoms with van der Waals surface area (Å²) < 4.78 is 1.57. The smallest absolute Gasteiger partial charge is 0.258 e. The Bertz CT molecular complexity index is 1010. The molecule has 1 saturated heterocycles. The maximum Gasteiger partial charge on any atom is 0.258 e. The number of amides is 1. The van der Waals surface area contributed by atoms with Gasteiger partial charge in [-0.25, -0.2) is 4.98 Å². The van der Waals surface area contributed by atoms with Gasteiger partial charge in [0.1, 0.15) is 0 Å². The molecule has 0 aliphatic carbocycles. The normalized spacial score (nSPS) is 18.6. The molecule has 26 heavy (non-hydrogen) atoms.